The lowest BCUT2D eigenvalue weighted by atomic mass is 10.0. The number of allylic oxidation sites excluding steroid dienone is 1. The van der Waals surface area contributed by atoms with Crippen LogP contribution in [0.1, 0.15) is 27.0 Å². The Morgan fingerprint density at radius 2 is 2.03 bits per heavy atom. The van der Waals surface area contributed by atoms with Gasteiger partial charge in [-0.3, -0.25) is 9.69 Å². The maximum atomic E-state index is 13.1. The second-order valence-electron chi connectivity index (χ2n) is 7.91. The molecule has 0 N–H and O–H groups in total. The molecular formula is C26H21BrClNO4. The molecule has 0 spiro atoms. The fourth-order valence-corrected chi connectivity index (χ4v) is 4.70. The number of rotatable bonds is 5. The van der Waals surface area contributed by atoms with Crippen molar-refractivity contribution in [3.63, 3.8) is 0 Å². The van der Waals surface area contributed by atoms with E-state index in [-0.39, 0.29) is 11.5 Å². The maximum Gasteiger partial charge on any atom is 0.231 e. The molecule has 0 saturated heterocycles. The zero-order valence-corrected chi connectivity index (χ0v) is 20.3. The Labute approximate surface area is 205 Å². The maximum absolute atomic E-state index is 13.1. The lowest BCUT2D eigenvalue weighted by Gasteiger charge is -2.29. The molecule has 0 bridgehead atoms. The van der Waals surface area contributed by atoms with Crippen molar-refractivity contribution in [3.05, 3.63) is 92.1 Å². The SMILES string of the molecule is COc1ccc(Br)cc1/C=C1\Oc2c(ccc3c2CN(CCc2ccccc2Cl)CO3)C1=O. The second kappa shape index (κ2) is 9.21. The van der Waals surface area contributed by atoms with Gasteiger partial charge in [-0.25, -0.2) is 0 Å². The van der Waals surface area contributed by atoms with Gasteiger partial charge in [0.15, 0.2) is 5.76 Å². The summed E-state index contributed by atoms with van der Waals surface area (Å²) in [6.45, 7) is 1.88. The van der Waals surface area contributed by atoms with Gasteiger partial charge in [0.1, 0.15) is 24.0 Å². The van der Waals surface area contributed by atoms with Gasteiger partial charge in [-0.1, -0.05) is 45.7 Å². The molecule has 0 atom stereocenters. The van der Waals surface area contributed by atoms with Crippen LogP contribution in [-0.4, -0.2) is 31.1 Å². The molecule has 2 heterocycles. The Morgan fingerprint density at radius 1 is 1.18 bits per heavy atom. The molecule has 3 aromatic carbocycles. The Balaban J connectivity index is 1.39. The van der Waals surface area contributed by atoms with Crippen molar-refractivity contribution < 1.29 is 19.0 Å². The van der Waals surface area contributed by atoms with Crippen molar-refractivity contribution in [1.82, 2.24) is 4.90 Å². The number of ether oxygens (including phenoxy) is 3. The predicted molar refractivity (Wildman–Crippen MR) is 131 cm³/mol. The molecule has 2 aliphatic rings. The highest BCUT2D eigenvalue weighted by Crippen LogP contribution is 2.42. The van der Waals surface area contributed by atoms with Crippen LogP contribution in [0, 0.1) is 0 Å². The van der Waals surface area contributed by atoms with E-state index in [0.29, 0.717) is 30.3 Å². The average molecular weight is 527 g/mol. The molecule has 33 heavy (non-hydrogen) atoms. The van der Waals surface area contributed by atoms with Crippen LogP contribution >= 0.6 is 27.5 Å². The van der Waals surface area contributed by atoms with Crippen LogP contribution in [0.3, 0.4) is 0 Å². The largest absolute Gasteiger partial charge is 0.496 e. The van der Waals surface area contributed by atoms with Gasteiger partial charge in [0.2, 0.25) is 5.78 Å². The Hall–Kier alpha value is -2.80. The monoisotopic (exact) mass is 525 g/mol. The van der Waals surface area contributed by atoms with E-state index in [0.717, 1.165) is 44.9 Å². The lowest BCUT2D eigenvalue weighted by Crippen LogP contribution is -2.33. The Kier molecular flexibility index (Phi) is 6.15. The third-order valence-corrected chi connectivity index (χ3v) is 6.68. The number of fused-ring (bicyclic) bond motifs is 3. The van der Waals surface area contributed by atoms with Crippen LogP contribution in [0.4, 0.5) is 0 Å². The summed E-state index contributed by atoms with van der Waals surface area (Å²) in [7, 11) is 1.60. The van der Waals surface area contributed by atoms with Crippen molar-refractivity contribution in [2.75, 3.05) is 20.4 Å². The summed E-state index contributed by atoms with van der Waals surface area (Å²) in [5, 5.41) is 0.767. The van der Waals surface area contributed by atoms with Gasteiger partial charge in [0, 0.05) is 28.1 Å². The second-order valence-corrected chi connectivity index (χ2v) is 9.24. The first-order chi connectivity index (χ1) is 16.0. The summed E-state index contributed by atoms with van der Waals surface area (Å²) in [6, 6.07) is 17.1. The van der Waals surface area contributed by atoms with Gasteiger partial charge in [0.05, 0.1) is 18.2 Å². The van der Waals surface area contributed by atoms with Crippen LogP contribution in [-0.2, 0) is 13.0 Å². The number of hydrogen-bond acceptors (Lipinski definition) is 5. The van der Waals surface area contributed by atoms with Gasteiger partial charge < -0.3 is 14.2 Å². The minimum atomic E-state index is -0.150. The summed E-state index contributed by atoms with van der Waals surface area (Å²) >= 11 is 9.77. The number of benzene rings is 3. The number of carbonyl (C=O) groups excluding carboxylic acids is 1. The predicted octanol–water partition coefficient (Wildman–Crippen LogP) is 6.12. The van der Waals surface area contributed by atoms with Crippen LogP contribution in [0.25, 0.3) is 6.08 Å². The first-order valence-corrected chi connectivity index (χ1v) is 11.7. The standard InChI is InChI=1S/C26H21BrClNO4/c1-31-22-8-6-18(27)12-17(22)13-24-25(30)19-7-9-23-20(26(19)33-24)14-29(15-32-23)11-10-16-4-2-3-5-21(16)28/h2-9,12-13H,10-11,14-15H2,1H3/b24-13-. The zero-order chi connectivity index (χ0) is 22.9. The molecule has 168 valence electrons. The van der Waals surface area contributed by atoms with Crippen molar-refractivity contribution in [1.29, 1.82) is 0 Å². The zero-order valence-electron chi connectivity index (χ0n) is 17.9. The first-order valence-electron chi connectivity index (χ1n) is 10.6. The molecule has 0 radical (unpaired) electrons. The summed E-state index contributed by atoms with van der Waals surface area (Å²) < 4.78 is 18.4. The van der Waals surface area contributed by atoms with Gasteiger partial charge in [0.25, 0.3) is 0 Å². The molecule has 0 saturated carbocycles. The Morgan fingerprint density at radius 3 is 2.85 bits per heavy atom. The van der Waals surface area contributed by atoms with Gasteiger partial charge >= 0.3 is 0 Å². The van der Waals surface area contributed by atoms with Gasteiger partial charge in [-0.05, 0) is 54.5 Å². The van der Waals surface area contributed by atoms with Crippen molar-refractivity contribution >= 4 is 39.4 Å². The molecule has 5 rings (SSSR count). The molecule has 0 aromatic heterocycles. The van der Waals surface area contributed by atoms with Crippen LogP contribution < -0.4 is 14.2 Å². The van der Waals surface area contributed by atoms with E-state index in [2.05, 4.69) is 20.8 Å². The molecule has 7 heteroatoms. The van der Waals surface area contributed by atoms with Crippen LogP contribution in [0.15, 0.2) is 64.8 Å². The van der Waals surface area contributed by atoms with E-state index in [1.165, 1.54) is 0 Å². The normalized spacial score (nSPS) is 16.2. The number of halogens is 2. The molecule has 0 amide bonds. The third kappa shape index (κ3) is 4.38. The highest BCUT2D eigenvalue weighted by molar-refractivity contribution is 9.10. The molecular weight excluding hydrogens is 506 g/mol. The minimum Gasteiger partial charge on any atom is -0.496 e. The fourth-order valence-electron chi connectivity index (χ4n) is 4.09. The number of hydrogen-bond donors (Lipinski definition) is 0. The molecule has 2 aliphatic heterocycles. The summed E-state index contributed by atoms with van der Waals surface area (Å²) in [5.41, 5.74) is 3.29. The third-order valence-electron chi connectivity index (χ3n) is 5.82. The van der Waals surface area contributed by atoms with E-state index in [9.17, 15) is 4.79 Å². The van der Waals surface area contributed by atoms with Crippen LogP contribution in [0.2, 0.25) is 5.02 Å². The number of carbonyl (C=O) groups is 1. The Bertz CT molecular complexity index is 1270. The van der Waals surface area contributed by atoms with E-state index >= 15 is 0 Å². The molecule has 0 aliphatic carbocycles. The van der Waals surface area contributed by atoms with Gasteiger partial charge in [-0.15, -0.1) is 0 Å². The number of ketones is 1. The first kappa shape index (κ1) is 22.0. The number of nitrogens with zero attached hydrogens (tertiary/aromatic N) is 1. The van der Waals surface area contributed by atoms with E-state index < -0.39 is 0 Å². The van der Waals surface area contributed by atoms with Gasteiger partial charge in [-0.2, -0.15) is 0 Å². The highest BCUT2D eigenvalue weighted by atomic mass is 79.9. The smallest absolute Gasteiger partial charge is 0.231 e. The minimum absolute atomic E-state index is 0.150. The van der Waals surface area contributed by atoms with E-state index in [1.54, 1.807) is 19.3 Å². The average Bonchev–Trinajstić information content (AvgIpc) is 3.14. The van der Waals surface area contributed by atoms with Crippen molar-refractivity contribution in [3.8, 4) is 17.2 Å². The fraction of sp³-hybridized carbons (Fsp3) is 0.192. The van der Waals surface area contributed by atoms with Crippen molar-refractivity contribution in [2.45, 2.75) is 13.0 Å². The summed E-state index contributed by atoms with van der Waals surface area (Å²) in [4.78, 5) is 15.3. The summed E-state index contributed by atoms with van der Waals surface area (Å²) in [6.07, 6.45) is 2.53. The molecule has 5 nitrogen and oxygen atoms in total. The van der Waals surface area contributed by atoms with Crippen molar-refractivity contribution in [2.24, 2.45) is 0 Å². The molecule has 3 aromatic rings. The number of methoxy groups -OCH3 is 1. The quantitative estimate of drug-likeness (QED) is 0.375. The molecule has 0 fully saturated rings. The molecule has 0 unspecified atom stereocenters. The van der Waals surface area contributed by atoms with E-state index in [1.807, 2.05) is 48.5 Å². The number of Topliss-reactive ketones (excluding diaryl/α,β-unsaturated/α-hetero) is 1. The topological polar surface area (TPSA) is 48.0 Å². The lowest BCUT2D eigenvalue weighted by molar-refractivity contribution is 0.0950. The van der Waals surface area contributed by atoms with E-state index in [4.69, 9.17) is 25.8 Å². The summed E-state index contributed by atoms with van der Waals surface area (Å²) in [5.74, 6) is 2.09. The van der Waals surface area contributed by atoms with Crippen LogP contribution in [0.5, 0.6) is 17.2 Å². The highest BCUT2D eigenvalue weighted by Gasteiger charge is 2.33.